The number of hydrogen-bond donors (Lipinski definition) is 1. The van der Waals surface area contributed by atoms with Crippen LogP contribution in [0.25, 0.3) is 0 Å². The minimum absolute atomic E-state index is 0.0850. The van der Waals surface area contributed by atoms with Crippen LogP contribution < -0.4 is 5.32 Å². The van der Waals surface area contributed by atoms with Crippen LogP contribution in [0.5, 0.6) is 0 Å². The molecule has 0 aromatic heterocycles. The predicted octanol–water partition coefficient (Wildman–Crippen LogP) is 8.30. The number of carbonyl (C=O) groups excluding carboxylic acids is 3. The topological polar surface area (TPSA) is 81.7 Å². The van der Waals surface area contributed by atoms with Gasteiger partial charge in [-0.05, 0) is 31.6 Å². The third-order valence-corrected chi connectivity index (χ3v) is 7.77. The minimum Gasteiger partial charge on any atom is -0.461 e. The molecule has 1 aliphatic rings. The highest BCUT2D eigenvalue weighted by atomic mass is 16.6. The van der Waals surface area contributed by atoms with Crippen LogP contribution in [0.1, 0.15) is 158 Å². The quantitative estimate of drug-likeness (QED) is 0.108. The molecule has 6 heteroatoms. The van der Waals surface area contributed by atoms with E-state index in [1.165, 1.54) is 57.8 Å². The Hall–Kier alpha value is -1.59. The Bertz CT molecular complexity index is 699. The molecule has 1 fully saturated rings. The number of rotatable bonds is 22. The van der Waals surface area contributed by atoms with Gasteiger partial charge >= 0.3 is 11.9 Å². The van der Waals surface area contributed by atoms with E-state index >= 15 is 0 Å². The molecule has 0 unspecified atom stereocenters. The largest absolute Gasteiger partial charge is 0.461 e. The fourth-order valence-electron chi connectivity index (χ4n) is 5.18. The van der Waals surface area contributed by atoms with Crippen LogP contribution in [-0.4, -0.2) is 36.1 Å². The van der Waals surface area contributed by atoms with Crippen molar-refractivity contribution in [1.82, 2.24) is 5.32 Å². The first-order valence-electron chi connectivity index (χ1n) is 16.2. The van der Waals surface area contributed by atoms with Gasteiger partial charge in [-0.1, -0.05) is 126 Å². The summed E-state index contributed by atoms with van der Waals surface area (Å²) >= 11 is 0. The molecule has 4 atom stereocenters. The number of nitrogens with one attached hydrogen (secondary N) is 1. The molecule has 1 heterocycles. The monoisotopic (exact) mass is 551 g/mol. The van der Waals surface area contributed by atoms with E-state index < -0.39 is 11.5 Å². The maximum Gasteiger partial charge on any atom is 0.328 e. The molecule has 0 aliphatic carbocycles. The molecule has 1 rings (SSSR count). The molecule has 1 saturated heterocycles. The molecule has 0 aromatic carbocycles. The lowest BCUT2D eigenvalue weighted by atomic mass is 9.86. The zero-order valence-electron chi connectivity index (χ0n) is 26.4. The molecule has 0 aromatic rings. The zero-order valence-corrected chi connectivity index (χ0v) is 26.4. The first-order valence-corrected chi connectivity index (χ1v) is 16.2. The predicted molar refractivity (Wildman–Crippen MR) is 159 cm³/mol. The Morgan fingerprint density at radius 3 is 1.92 bits per heavy atom. The Labute approximate surface area is 240 Å². The molecular formula is C33H61NO5. The van der Waals surface area contributed by atoms with E-state index in [1.807, 2.05) is 34.6 Å². The molecule has 1 N–H and O–H groups in total. The fraction of sp³-hybridized carbons (Fsp3) is 0.909. The van der Waals surface area contributed by atoms with Gasteiger partial charge in [-0.25, -0.2) is 4.79 Å². The van der Waals surface area contributed by atoms with Gasteiger partial charge in [0.05, 0.1) is 5.92 Å². The van der Waals surface area contributed by atoms with Gasteiger partial charge in [-0.2, -0.15) is 0 Å². The number of hydrogen-bond acceptors (Lipinski definition) is 5. The first-order chi connectivity index (χ1) is 18.5. The van der Waals surface area contributed by atoms with Crippen LogP contribution in [0.3, 0.4) is 0 Å². The Morgan fingerprint density at radius 1 is 0.872 bits per heavy atom. The van der Waals surface area contributed by atoms with E-state index in [1.54, 1.807) is 0 Å². The van der Waals surface area contributed by atoms with Gasteiger partial charge in [0.15, 0.2) is 0 Å². The van der Waals surface area contributed by atoms with Crippen molar-refractivity contribution in [2.75, 3.05) is 0 Å². The summed E-state index contributed by atoms with van der Waals surface area (Å²) in [4.78, 5) is 38.2. The Balaban J connectivity index is 2.75. The number of carbonyl (C=O) groups is 3. The van der Waals surface area contributed by atoms with Crippen LogP contribution in [-0.2, 0) is 23.9 Å². The van der Waals surface area contributed by atoms with Crippen molar-refractivity contribution in [1.29, 1.82) is 0 Å². The highest BCUT2D eigenvalue weighted by Crippen LogP contribution is 2.33. The summed E-state index contributed by atoms with van der Waals surface area (Å²) in [7, 11) is 0. The maximum atomic E-state index is 13.3. The zero-order chi connectivity index (χ0) is 29.3. The van der Waals surface area contributed by atoms with Crippen molar-refractivity contribution < 1.29 is 23.9 Å². The van der Waals surface area contributed by atoms with Gasteiger partial charge in [0.25, 0.3) is 0 Å². The molecular weight excluding hydrogens is 490 g/mol. The summed E-state index contributed by atoms with van der Waals surface area (Å²) in [6.07, 6.45) is 17.8. The fourth-order valence-corrected chi connectivity index (χ4v) is 5.18. The number of amides is 1. The van der Waals surface area contributed by atoms with Crippen LogP contribution in [0.15, 0.2) is 0 Å². The number of cyclic esters (lactones) is 1. The van der Waals surface area contributed by atoms with Crippen LogP contribution >= 0.6 is 0 Å². The molecule has 6 nitrogen and oxygen atoms in total. The van der Waals surface area contributed by atoms with Gasteiger partial charge in [-0.3, -0.25) is 9.59 Å². The third-order valence-electron chi connectivity index (χ3n) is 7.77. The molecule has 0 radical (unpaired) electrons. The van der Waals surface area contributed by atoms with Crippen molar-refractivity contribution in [3.8, 4) is 0 Å². The summed E-state index contributed by atoms with van der Waals surface area (Å²) in [5, 5.41) is 2.94. The third kappa shape index (κ3) is 15.1. The summed E-state index contributed by atoms with van der Waals surface area (Å²) in [6.45, 7) is 14.0. The number of esters is 2. The number of ether oxygens (including phenoxy) is 2. The molecule has 0 saturated carbocycles. The first kappa shape index (κ1) is 35.4. The van der Waals surface area contributed by atoms with Gasteiger partial charge in [-0.15, -0.1) is 0 Å². The smallest absolute Gasteiger partial charge is 0.328 e. The summed E-state index contributed by atoms with van der Waals surface area (Å²) in [6, 6.07) is -0.670. The second-order valence-electron chi connectivity index (χ2n) is 13.2. The second-order valence-corrected chi connectivity index (χ2v) is 13.2. The van der Waals surface area contributed by atoms with Crippen molar-refractivity contribution in [3.05, 3.63) is 0 Å². The van der Waals surface area contributed by atoms with Crippen molar-refractivity contribution >= 4 is 17.8 Å². The highest BCUT2D eigenvalue weighted by molar-refractivity contribution is 5.87. The minimum atomic E-state index is -0.670. The van der Waals surface area contributed by atoms with E-state index in [0.29, 0.717) is 12.8 Å². The van der Waals surface area contributed by atoms with E-state index in [0.717, 1.165) is 38.5 Å². The van der Waals surface area contributed by atoms with Crippen LogP contribution in [0, 0.1) is 17.3 Å². The van der Waals surface area contributed by atoms with Crippen molar-refractivity contribution in [3.63, 3.8) is 0 Å². The van der Waals surface area contributed by atoms with Crippen LogP contribution in [0.4, 0.5) is 0 Å². The molecule has 0 spiro atoms. The Kier molecular flexibility index (Phi) is 17.7. The summed E-state index contributed by atoms with van der Waals surface area (Å²) in [5.41, 5.74) is -0.587. The highest BCUT2D eigenvalue weighted by Gasteiger charge is 2.43. The van der Waals surface area contributed by atoms with E-state index in [-0.39, 0.29) is 41.9 Å². The standard InChI is InChI=1S/C33H61NO5/c1-8-10-12-14-15-16-17-18-19-21-26(24-29-27(30(35)39-29)22-20-13-11-9-2)38-31(36)28(23-25(3)4)34-32(37)33(5,6)7/h25-29H,8-24H2,1-7H3,(H,34,37)/t26-,27-,28-,29-/m0/s1. The van der Waals surface area contributed by atoms with E-state index in [9.17, 15) is 14.4 Å². The lowest BCUT2D eigenvalue weighted by molar-refractivity contribution is -0.190. The van der Waals surface area contributed by atoms with Gasteiger partial charge in [0, 0.05) is 11.8 Å². The lowest BCUT2D eigenvalue weighted by Gasteiger charge is -2.37. The van der Waals surface area contributed by atoms with Gasteiger partial charge in [0.2, 0.25) is 5.91 Å². The molecule has 1 amide bonds. The van der Waals surface area contributed by atoms with E-state index in [4.69, 9.17) is 9.47 Å². The molecule has 1 aliphatic heterocycles. The van der Waals surface area contributed by atoms with Gasteiger partial charge in [0.1, 0.15) is 18.2 Å². The second kappa shape index (κ2) is 19.5. The van der Waals surface area contributed by atoms with E-state index in [2.05, 4.69) is 19.2 Å². The number of unbranched alkanes of at least 4 members (excludes halogenated alkanes) is 11. The average Bonchev–Trinajstić information content (AvgIpc) is 2.85. The normalized spacial score (nSPS) is 18.8. The summed E-state index contributed by atoms with van der Waals surface area (Å²) in [5.74, 6) is -0.482. The van der Waals surface area contributed by atoms with Crippen molar-refractivity contribution in [2.24, 2.45) is 17.3 Å². The lowest BCUT2D eigenvalue weighted by Crippen LogP contribution is -2.49. The van der Waals surface area contributed by atoms with Crippen molar-refractivity contribution in [2.45, 2.75) is 176 Å². The summed E-state index contributed by atoms with van der Waals surface area (Å²) < 4.78 is 11.6. The SMILES string of the molecule is CCCCCCCCCCC[C@@H](C[C@@H]1OC(=O)[C@H]1CCCCCC)OC(=O)[C@H](CC(C)C)NC(=O)C(C)(C)C. The Morgan fingerprint density at radius 2 is 1.41 bits per heavy atom. The van der Waals surface area contributed by atoms with Crippen LogP contribution in [0.2, 0.25) is 0 Å². The molecule has 0 bridgehead atoms. The maximum absolute atomic E-state index is 13.3. The molecule has 39 heavy (non-hydrogen) atoms. The average molecular weight is 552 g/mol. The van der Waals surface area contributed by atoms with Gasteiger partial charge < -0.3 is 14.8 Å². The molecule has 228 valence electrons.